The minimum atomic E-state index is -0.468. The first-order chi connectivity index (χ1) is 9.87. The van der Waals surface area contributed by atoms with Crippen LogP contribution in [0.15, 0.2) is 46.2 Å². The van der Waals surface area contributed by atoms with E-state index in [9.17, 15) is 4.39 Å². The van der Waals surface area contributed by atoms with Gasteiger partial charge in [-0.2, -0.15) is 0 Å². The van der Waals surface area contributed by atoms with Crippen molar-refractivity contribution in [3.05, 3.63) is 41.2 Å². The van der Waals surface area contributed by atoms with Gasteiger partial charge in [0.2, 0.25) is 0 Å². The number of benzene rings is 1. The molecule has 1 aliphatic heterocycles. The molecule has 3 nitrogen and oxygen atoms in total. The molecular weight excluding hydrogens is 291 g/mol. The Labute approximate surface area is 128 Å². The van der Waals surface area contributed by atoms with Gasteiger partial charge in [-0.3, -0.25) is 4.99 Å². The molecule has 0 saturated heterocycles. The van der Waals surface area contributed by atoms with Crippen molar-refractivity contribution in [2.24, 2.45) is 16.3 Å². The number of ether oxygens (including phenoxy) is 1. The number of hydrogen-bond acceptors (Lipinski definition) is 3. The summed E-state index contributed by atoms with van der Waals surface area (Å²) < 4.78 is 19.6. The Morgan fingerprint density at radius 2 is 2.14 bits per heavy atom. The van der Waals surface area contributed by atoms with E-state index in [-0.39, 0.29) is 17.8 Å². The lowest BCUT2D eigenvalue weighted by Crippen LogP contribution is -2.40. The van der Waals surface area contributed by atoms with Crippen LogP contribution in [0.3, 0.4) is 0 Å². The Balaban J connectivity index is 1.95. The average Bonchev–Trinajstić information content (AvgIpc) is 2.35. The summed E-state index contributed by atoms with van der Waals surface area (Å²) in [4.78, 5) is 4.40. The van der Waals surface area contributed by atoms with Crippen molar-refractivity contribution in [3.8, 4) is 5.75 Å². The summed E-state index contributed by atoms with van der Waals surface area (Å²) in [6, 6.07) is 5.32. The first-order valence-electron chi connectivity index (χ1n) is 6.73. The maximum atomic E-state index is 13.6. The summed E-state index contributed by atoms with van der Waals surface area (Å²) in [6.45, 7) is 3.86. The van der Waals surface area contributed by atoms with Crippen molar-refractivity contribution < 1.29 is 9.13 Å². The molecule has 2 N–H and O–H groups in total. The Morgan fingerprint density at radius 3 is 2.86 bits per heavy atom. The number of fused-ring (bicyclic) bond motifs is 1. The number of nitrogens with two attached hydrogens (primary N) is 1. The molecule has 2 unspecified atom stereocenters. The fraction of sp³-hybridized carbons (Fsp3) is 0.312. The molecule has 0 spiro atoms. The first kappa shape index (κ1) is 14.1. The fourth-order valence-corrected chi connectivity index (χ4v) is 3.37. The van der Waals surface area contributed by atoms with Gasteiger partial charge in [0, 0.05) is 28.9 Å². The molecule has 1 aromatic carbocycles. The summed E-state index contributed by atoms with van der Waals surface area (Å²) >= 11 is 6.27. The third-order valence-electron chi connectivity index (χ3n) is 3.82. The van der Waals surface area contributed by atoms with Gasteiger partial charge in [-0.1, -0.05) is 25.4 Å². The molecule has 1 heterocycles. The molecule has 1 aliphatic carbocycles. The van der Waals surface area contributed by atoms with Crippen LogP contribution in [0, 0.1) is 11.3 Å². The maximum absolute atomic E-state index is 13.6. The molecular formula is C16H16ClFN2O. The lowest BCUT2D eigenvalue weighted by Gasteiger charge is -2.38. The summed E-state index contributed by atoms with van der Waals surface area (Å²) in [5, 5.41) is 0.434. The predicted octanol–water partition coefficient (Wildman–Crippen LogP) is 4.36. The largest absolute Gasteiger partial charge is 0.482 e. The van der Waals surface area contributed by atoms with E-state index in [0.717, 1.165) is 5.69 Å². The third kappa shape index (κ3) is 2.56. The van der Waals surface area contributed by atoms with E-state index in [0.29, 0.717) is 16.5 Å². The van der Waals surface area contributed by atoms with Crippen LogP contribution in [0.1, 0.15) is 13.8 Å². The summed E-state index contributed by atoms with van der Waals surface area (Å²) in [6.07, 6.45) is 4.26. The second-order valence-corrected chi connectivity index (χ2v) is 6.38. The van der Waals surface area contributed by atoms with Crippen LogP contribution in [0.5, 0.6) is 5.75 Å². The van der Waals surface area contributed by atoms with Crippen molar-refractivity contribution in [2.75, 3.05) is 5.73 Å². The molecule has 1 aromatic rings. The van der Waals surface area contributed by atoms with Crippen LogP contribution in [0.2, 0.25) is 0 Å². The normalized spacial score (nSPS) is 26.5. The summed E-state index contributed by atoms with van der Waals surface area (Å²) in [5.41, 5.74) is 6.65. The van der Waals surface area contributed by atoms with E-state index in [1.54, 1.807) is 30.5 Å². The number of nitrogens with zero attached hydrogens (tertiary/aromatic N) is 1. The standard InChI is InChI=1S/C16H16ClFN2O/c1-16(2)7-9(18)5-11(17)15(16)14-8-20-12-4-3-10(19)6-13(12)21-14/h3-8,14-15H,19H2,1-2H3. The molecule has 110 valence electrons. The molecule has 2 atom stereocenters. The Morgan fingerprint density at radius 1 is 1.38 bits per heavy atom. The third-order valence-corrected chi connectivity index (χ3v) is 4.16. The van der Waals surface area contributed by atoms with Gasteiger partial charge in [-0.15, -0.1) is 0 Å². The number of anilines is 1. The van der Waals surface area contributed by atoms with E-state index >= 15 is 0 Å². The topological polar surface area (TPSA) is 47.6 Å². The van der Waals surface area contributed by atoms with Gasteiger partial charge in [0.05, 0.1) is 0 Å². The highest BCUT2D eigenvalue weighted by atomic mass is 35.5. The van der Waals surface area contributed by atoms with Gasteiger partial charge in [-0.25, -0.2) is 4.39 Å². The van der Waals surface area contributed by atoms with E-state index in [4.69, 9.17) is 22.1 Å². The van der Waals surface area contributed by atoms with Gasteiger partial charge in [0.15, 0.2) is 0 Å². The van der Waals surface area contributed by atoms with Crippen molar-refractivity contribution >= 4 is 29.2 Å². The number of allylic oxidation sites excluding steroid dienone is 3. The minimum Gasteiger partial charge on any atom is -0.482 e. The van der Waals surface area contributed by atoms with Gasteiger partial charge in [0.1, 0.15) is 23.4 Å². The lowest BCUT2D eigenvalue weighted by molar-refractivity contribution is 0.153. The van der Waals surface area contributed by atoms with Crippen molar-refractivity contribution in [3.63, 3.8) is 0 Å². The van der Waals surface area contributed by atoms with E-state index in [1.807, 2.05) is 13.8 Å². The quantitative estimate of drug-likeness (QED) is 0.783. The van der Waals surface area contributed by atoms with Crippen molar-refractivity contribution in [1.82, 2.24) is 0 Å². The number of aliphatic imine (C=N–C) groups is 1. The smallest absolute Gasteiger partial charge is 0.147 e. The van der Waals surface area contributed by atoms with Crippen LogP contribution in [0.4, 0.5) is 15.8 Å². The highest BCUT2D eigenvalue weighted by Crippen LogP contribution is 2.45. The molecule has 2 aliphatic rings. The zero-order chi connectivity index (χ0) is 15.2. The van der Waals surface area contributed by atoms with Crippen LogP contribution in [-0.2, 0) is 0 Å². The summed E-state index contributed by atoms with van der Waals surface area (Å²) in [7, 11) is 0. The number of rotatable bonds is 1. The molecule has 3 rings (SSSR count). The maximum Gasteiger partial charge on any atom is 0.147 e. The second-order valence-electron chi connectivity index (χ2n) is 5.95. The number of halogens is 2. The molecule has 0 bridgehead atoms. The number of nitrogen functional groups attached to an aromatic ring is 1. The summed E-state index contributed by atoms with van der Waals surface area (Å²) in [5.74, 6) is 0.105. The molecule has 0 fully saturated rings. The van der Waals surface area contributed by atoms with E-state index < -0.39 is 5.41 Å². The molecule has 21 heavy (non-hydrogen) atoms. The second kappa shape index (κ2) is 4.88. The highest BCUT2D eigenvalue weighted by Gasteiger charge is 2.41. The Bertz CT molecular complexity index is 679. The van der Waals surface area contributed by atoms with Gasteiger partial charge in [-0.05, 0) is 29.7 Å². The van der Waals surface area contributed by atoms with E-state index in [1.165, 1.54) is 6.08 Å². The van der Waals surface area contributed by atoms with Crippen molar-refractivity contribution in [2.45, 2.75) is 20.0 Å². The molecule has 0 radical (unpaired) electrons. The van der Waals surface area contributed by atoms with Crippen LogP contribution in [0.25, 0.3) is 0 Å². The molecule has 0 aromatic heterocycles. The van der Waals surface area contributed by atoms with Gasteiger partial charge < -0.3 is 10.5 Å². The van der Waals surface area contributed by atoms with Crippen molar-refractivity contribution in [1.29, 1.82) is 0 Å². The molecule has 0 saturated carbocycles. The molecule has 0 amide bonds. The van der Waals surface area contributed by atoms with Crippen LogP contribution < -0.4 is 10.5 Å². The van der Waals surface area contributed by atoms with Crippen LogP contribution in [-0.4, -0.2) is 12.3 Å². The van der Waals surface area contributed by atoms with Gasteiger partial charge in [0.25, 0.3) is 0 Å². The molecule has 5 heteroatoms. The zero-order valence-electron chi connectivity index (χ0n) is 11.8. The van der Waals surface area contributed by atoms with Gasteiger partial charge >= 0.3 is 0 Å². The Kier molecular flexibility index (Phi) is 3.29. The first-order valence-corrected chi connectivity index (χ1v) is 7.10. The number of hydrogen-bond donors (Lipinski definition) is 1. The average molecular weight is 307 g/mol. The fourth-order valence-electron chi connectivity index (χ4n) is 2.86. The minimum absolute atomic E-state index is 0.197. The predicted molar refractivity (Wildman–Crippen MR) is 83.8 cm³/mol. The van der Waals surface area contributed by atoms with E-state index in [2.05, 4.69) is 4.99 Å². The van der Waals surface area contributed by atoms with Crippen LogP contribution >= 0.6 is 11.6 Å². The zero-order valence-corrected chi connectivity index (χ0v) is 12.6. The SMILES string of the molecule is CC1(C)C=C(F)C=C(Cl)C1C1C=Nc2ccc(N)cc2O1. The lowest BCUT2D eigenvalue weighted by atomic mass is 9.72. The Hall–Kier alpha value is -1.81. The highest BCUT2D eigenvalue weighted by molar-refractivity contribution is 6.30. The monoisotopic (exact) mass is 306 g/mol.